The van der Waals surface area contributed by atoms with Gasteiger partial charge in [-0.25, -0.2) is 4.39 Å². The maximum Gasteiger partial charge on any atom is 0.123 e. The van der Waals surface area contributed by atoms with E-state index in [0.717, 1.165) is 37.4 Å². The molecule has 2 rings (SSSR count). The molecule has 1 aromatic carbocycles. The highest BCUT2D eigenvalue weighted by atomic mass is 32.2. The van der Waals surface area contributed by atoms with Crippen LogP contribution in [0.3, 0.4) is 0 Å². The van der Waals surface area contributed by atoms with E-state index in [1.807, 2.05) is 17.8 Å². The zero-order valence-corrected chi connectivity index (χ0v) is 9.43. The van der Waals surface area contributed by atoms with Crippen LogP contribution in [-0.2, 0) is 10.5 Å². The predicted octanol–water partition coefficient (Wildman–Crippen LogP) is 3.24. The number of hydrogen-bond acceptors (Lipinski definition) is 2. The Hall–Kier alpha value is -0.540. The van der Waals surface area contributed by atoms with E-state index in [9.17, 15) is 4.39 Å². The normalized spacial score (nSPS) is 17.9. The van der Waals surface area contributed by atoms with Gasteiger partial charge < -0.3 is 4.74 Å². The van der Waals surface area contributed by atoms with E-state index < -0.39 is 0 Å². The Kier molecular flexibility index (Phi) is 4.03. The summed E-state index contributed by atoms with van der Waals surface area (Å²) < 4.78 is 18.2. The molecular weight excluding hydrogens is 211 g/mol. The largest absolute Gasteiger partial charge is 0.381 e. The van der Waals surface area contributed by atoms with Crippen LogP contribution in [0.2, 0.25) is 0 Å². The predicted molar refractivity (Wildman–Crippen MR) is 61.5 cm³/mol. The molecule has 15 heavy (non-hydrogen) atoms. The molecule has 0 bridgehead atoms. The number of thioether (sulfide) groups is 1. The number of halogens is 1. The first kappa shape index (κ1) is 11.0. The Morgan fingerprint density at radius 1 is 1.33 bits per heavy atom. The highest BCUT2D eigenvalue weighted by Crippen LogP contribution is 2.25. The zero-order chi connectivity index (χ0) is 10.5. The summed E-state index contributed by atoms with van der Waals surface area (Å²) in [5.74, 6) is 0.766. The lowest BCUT2D eigenvalue weighted by atomic mass is 10.2. The summed E-state index contributed by atoms with van der Waals surface area (Å²) in [5.41, 5.74) is 1.08. The van der Waals surface area contributed by atoms with Crippen molar-refractivity contribution < 1.29 is 9.13 Å². The van der Waals surface area contributed by atoms with E-state index in [-0.39, 0.29) is 5.82 Å². The van der Waals surface area contributed by atoms with Gasteiger partial charge in [-0.1, -0.05) is 12.1 Å². The molecule has 1 saturated heterocycles. The van der Waals surface area contributed by atoms with Crippen LogP contribution in [0.1, 0.15) is 18.4 Å². The van der Waals surface area contributed by atoms with Gasteiger partial charge in [0.05, 0.1) is 0 Å². The van der Waals surface area contributed by atoms with E-state index in [1.165, 1.54) is 6.07 Å². The topological polar surface area (TPSA) is 9.23 Å². The summed E-state index contributed by atoms with van der Waals surface area (Å²) in [6.07, 6.45) is 2.25. The second kappa shape index (κ2) is 5.52. The Morgan fingerprint density at radius 3 is 2.87 bits per heavy atom. The molecule has 0 aromatic heterocycles. The zero-order valence-electron chi connectivity index (χ0n) is 8.62. The van der Waals surface area contributed by atoms with Crippen molar-refractivity contribution in [2.24, 2.45) is 0 Å². The molecule has 0 amide bonds. The molecular formula is C12H15FOS. The van der Waals surface area contributed by atoms with Crippen molar-refractivity contribution in [3.63, 3.8) is 0 Å². The third-order valence-corrected chi connectivity index (χ3v) is 3.99. The fourth-order valence-electron chi connectivity index (χ4n) is 1.68. The number of rotatable bonds is 3. The Balaban J connectivity index is 1.81. The van der Waals surface area contributed by atoms with E-state index in [0.29, 0.717) is 5.25 Å². The molecule has 0 atom stereocenters. The van der Waals surface area contributed by atoms with E-state index in [4.69, 9.17) is 4.74 Å². The van der Waals surface area contributed by atoms with Gasteiger partial charge in [-0.3, -0.25) is 0 Å². The van der Waals surface area contributed by atoms with Crippen molar-refractivity contribution in [3.05, 3.63) is 35.6 Å². The van der Waals surface area contributed by atoms with E-state index in [1.54, 1.807) is 12.1 Å². The van der Waals surface area contributed by atoms with Gasteiger partial charge in [-0.2, -0.15) is 11.8 Å². The first-order valence-electron chi connectivity index (χ1n) is 5.28. The van der Waals surface area contributed by atoms with Crippen molar-refractivity contribution in [1.82, 2.24) is 0 Å². The minimum Gasteiger partial charge on any atom is -0.381 e. The van der Waals surface area contributed by atoms with E-state index in [2.05, 4.69) is 0 Å². The standard InChI is InChI=1S/C12H15FOS/c13-11-3-1-2-10(8-11)9-15-12-4-6-14-7-5-12/h1-3,8,12H,4-7,9H2. The van der Waals surface area contributed by atoms with Crippen LogP contribution in [0, 0.1) is 5.82 Å². The molecule has 0 saturated carbocycles. The Labute approximate surface area is 94.0 Å². The van der Waals surface area contributed by atoms with Crippen molar-refractivity contribution in [2.45, 2.75) is 23.8 Å². The summed E-state index contributed by atoms with van der Waals surface area (Å²) in [7, 11) is 0. The second-order valence-electron chi connectivity index (χ2n) is 3.75. The molecule has 0 radical (unpaired) electrons. The van der Waals surface area contributed by atoms with Crippen LogP contribution < -0.4 is 0 Å². The van der Waals surface area contributed by atoms with Gasteiger partial charge >= 0.3 is 0 Å². The lowest BCUT2D eigenvalue weighted by Crippen LogP contribution is -2.17. The van der Waals surface area contributed by atoms with Crippen molar-refractivity contribution >= 4 is 11.8 Å². The molecule has 0 spiro atoms. The lowest BCUT2D eigenvalue weighted by Gasteiger charge is -2.21. The quantitative estimate of drug-likeness (QED) is 0.782. The van der Waals surface area contributed by atoms with Crippen molar-refractivity contribution in [1.29, 1.82) is 0 Å². The van der Waals surface area contributed by atoms with Gasteiger partial charge in [-0.15, -0.1) is 0 Å². The van der Waals surface area contributed by atoms with Crippen LogP contribution in [0.25, 0.3) is 0 Å². The maximum absolute atomic E-state index is 12.9. The molecule has 0 N–H and O–H groups in total. The van der Waals surface area contributed by atoms with Crippen LogP contribution in [-0.4, -0.2) is 18.5 Å². The number of hydrogen-bond donors (Lipinski definition) is 0. The first-order chi connectivity index (χ1) is 7.34. The lowest BCUT2D eigenvalue weighted by molar-refractivity contribution is 0.1000. The van der Waals surface area contributed by atoms with Gasteiger partial charge in [0.1, 0.15) is 5.82 Å². The van der Waals surface area contributed by atoms with Crippen molar-refractivity contribution in [3.8, 4) is 0 Å². The van der Waals surface area contributed by atoms with E-state index >= 15 is 0 Å². The summed E-state index contributed by atoms with van der Waals surface area (Å²) in [6.45, 7) is 1.75. The smallest absolute Gasteiger partial charge is 0.123 e. The molecule has 1 aliphatic rings. The van der Waals surface area contributed by atoms with Crippen LogP contribution in [0.4, 0.5) is 4.39 Å². The maximum atomic E-state index is 12.9. The molecule has 1 heterocycles. The first-order valence-corrected chi connectivity index (χ1v) is 6.33. The fourth-order valence-corrected chi connectivity index (χ4v) is 2.82. The Morgan fingerprint density at radius 2 is 2.13 bits per heavy atom. The van der Waals surface area contributed by atoms with Crippen LogP contribution >= 0.6 is 11.8 Å². The van der Waals surface area contributed by atoms with Gasteiger partial charge in [0.25, 0.3) is 0 Å². The molecule has 1 fully saturated rings. The van der Waals surface area contributed by atoms with Crippen LogP contribution in [0.15, 0.2) is 24.3 Å². The second-order valence-corrected chi connectivity index (χ2v) is 5.04. The summed E-state index contributed by atoms with van der Waals surface area (Å²) >= 11 is 1.91. The monoisotopic (exact) mass is 226 g/mol. The number of benzene rings is 1. The highest BCUT2D eigenvalue weighted by Gasteiger charge is 2.13. The minimum atomic E-state index is -0.139. The molecule has 3 heteroatoms. The third kappa shape index (κ3) is 3.50. The average molecular weight is 226 g/mol. The molecule has 0 unspecified atom stereocenters. The van der Waals surface area contributed by atoms with Gasteiger partial charge in [0.15, 0.2) is 0 Å². The van der Waals surface area contributed by atoms with Gasteiger partial charge in [-0.05, 0) is 30.5 Å². The molecule has 1 nitrogen and oxygen atoms in total. The summed E-state index contributed by atoms with van der Waals surface area (Å²) in [6, 6.07) is 6.86. The fraction of sp³-hybridized carbons (Fsp3) is 0.500. The summed E-state index contributed by atoms with van der Waals surface area (Å²) in [5, 5.41) is 0.682. The van der Waals surface area contributed by atoms with Gasteiger partial charge in [0.2, 0.25) is 0 Å². The third-order valence-electron chi connectivity index (χ3n) is 2.54. The molecule has 0 aliphatic carbocycles. The number of ether oxygens (including phenoxy) is 1. The average Bonchev–Trinajstić information content (AvgIpc) is 2.28. The molecule has 1 aliphatic heterocycles. The Bertz CT molecular complexity index is 310. The minimum absolute atomic E-state index is 0.139. The van der Waals surface area contributed by atoms with Crippen molar-refractivity contribution in [2.75, 3.05) is 13.2 Å². The van der Waals surface area contributed by atoms with Gasteiger partial charge in [0, 0.05) is 24.2 Å². The highest BCUT2D eigenvalue weighted by molar-refractivity contribution is 7.99. The SMILES string of the molecule is Fc1cccc(CSC2CCOCC2)c1. The molecule has 82 valence electrons. The summed E-state index contributed by atoms with van der Waals surface area (Å²) in [4.78, 5) is 0. The van der Waals surface area contributed by atoms with Crippen LogP contribution in [0.5, 0.6) is 0 Å². The molecule has 1 aromatic rings.